The molecule has 5 heteroatoms. The highest BCUT2D eigenvalue weighted by molar-refractivity contribution is 6.31. The molecule has 0 saturated carbocycles. The molecule has 0 aromatic heterocycles. The Morgan fingerprint density at radius 2 is 1.77 bits per heavy atom. The number of anilines is 1. The number of hydrogen-bond donors (Lipinski definition) is 1. The molecule has 0 bridgehead atoms. The van der Waals surface area contributed by atoms with Crippen LogP contribution in [0, 0.1) is 6.92 Å². The van der Waals surface area contributed by atoms with Crippen molar-refractivity contribution in [3.63, 3.8) is 0 Å². The molecule has 0 fully saturated rings. The van der Waals surface area contributed by atoms with Gasteiger partial charge in [-0.2, -0.15) is 0 Å². The number of ether oxygens (including phenoxy) is 2. The molecule has 0 heterocycles. The number of allylic oxidation sites excluding steroid dienone is 1. The van der Waals surface area contributed by atoms with Gasteiger partial charge in [-0.3, -0.25) is 0 Å². The first kappa shape index (κ1) is 23.1. The molecule has 31 heavy (non-hydrogen) atoms. The molecule has 0 spiro atoms. The number of halogens is 2. The Hall–Kier alpha value is -2.62. The van der Waals surface area contributed by atoms with Crippen LogP contribution in [-0.2, 0) is 19.6 Å². The van der Waals surface area contributed by atoms with Crippen molar-refractivity contribution in [2.24, 2.45) is 0 Å². The van der Waals surface area contributed by atoms with E-state index in [1.807, 2.05) is 61.5 Å². The highest BCUT2D eigenvalue weighted by Gasteiger charge is 2.14. The van der Waals surface area contributed by atoms with E-state index in [4.69, 9.17) is 32.7 Å². The van der Waals surface area contributed by atoms with Crippen LogP contribution in [0.3, 0.4) is 0 Å². The first-order valence-electron chi connectivity index (χ1n) is 10.3. The van der Waals surface area contributed by atoms with Gasteiger partial charge in [-0.1, -0.05) is 47.5 Å². The Morgan fingerprint density at radius 1 is 0.968 bits per heavy atom. The molecule has 0 atom stereocenters. The van der Waals surface area contributed by atoms with Crippen molar-refractivity contribution in [2.45, 2.75) is 33.4 Å². The Labute approximate surface area is 194 Å². The van der Waals surface area contributed by atoms with Crippen LogP contribution in [0.15, 0.2) is 67.3 Å². The molecular formula is C26H27Cl2NO2. The minimum Gasteiger partial charge on any atom is -0.490 e. The summed E-state index contributed by atoms with van der Waals surface area (Å²) in [7, 11) is 0. The number of rotatable bonds is 10. The first-order valence-corrected chi connectivity index (χ1v) is 11.0. The van der Waals surface area contributed by atoms with E-state index in [9.17, 15) is 0 Å². The largest absolute Gasteiger partial charge is 0.490 e. The molecule has 0 aliphatic carbocycles. The SMILES string of the molecule is C=CCc1cc(CNc2cc(Cl)ccc2C)cc(OCC)c1OCc1cccc(Cl)c1. The third-order valence-electron chi connectivity index (χ3n) is 4.81. The maximum Gasteiger partial charge on any atom is 0.165 e. The van der Waals surface area contributed by atoms with Gasteiger partial charge in [-0.05, 0) is 73.4 Å². The van der Waals surface area contributed by atoms with E-state index in [1.54, 1.807) is 0 Å². The lowest BCUT2D eigenvalue weighted by Gasteiger charge is -2.18. The summed E-state index contributed by atoms with van der Waals surface area (Å²) in [6, 6.07) is 17.7. The molecular weight excluding hydrogens is 429 g/mol. The number of hydrogen-bond acceptors (Lipinski definition) is 3. The third-order valence-corrected chi connectivity index (χ3v) is 5.28. The molecule has 3 aromatic rings. The van der Waals surface area contributed by atoms with Crippen molar-refractivity contribution in [1.82, 2.24) is 0 Å². The maximum atomic E-state index is 6.20. The van der Waals surface area contributed by atoms with Crippen LogP contribution in [0.5, 0.6) is 11.5 Å². The van der Waals surface area contributed by atoms with E-state index < -0.39 is 0 Å². The minimum absolute atomic E-state index is 0.407. The molecule has 3 nitrogen and oxygen atoms in total. The molecule has 3 rings (SSSR count). The van der Waals surface area contributed by atoms with Crippen molar-refractivity contribution in [3.05, 3.63) is 99.6 Å². The van der Waals surface area contributed by atoms with E-state index in [2.05, 4.69) is 24.9 Å². The van der Waals surface area contributed by atoms with Gasteiger partial charge in [0.05, 0.1) is 6.61 Å². The summed E-state index contributed by atoms with van der Waals surface area (Å²) in [4.78, 5) is 0. The van der Waals surface area contributed by atoms with Crippen molar-refractivity contribution in [2.75, 3.05) is 11.9 Å². The highest BCUT2D eigenvalue weighted by Crippen LogP contribution is 2.35. The zero-order valence-electron chi connectivity index (χ0n) is 17.9. The van der Waals surface area contributed by atoms with Gasteiger partial charge >= 0.3 is 0 Å². The first-order chi connectivity index (χ1) is 15.0. The van der Waals surface area contributed by atoms with Crippen molar-refractivity contribution in [1.29, 1.82) is 0 Å². The predicted molar refractivity (Wildman–Crippen MR) is 131 cm³/mol. The fraction of sp³-hybridized carbons (Fsp3) is 0.231. The van der Waals surface area contributed by atoms with Crippen LogP contribution < -0.4 is 14.8 Å². The molecule has 0 radical (unpaired) electrons. The average molecular weight is 456 g/mol. The lowest BCUT2D eigenvalue weighted by Crippen LogP contribution is -2.06. The van der Waals surface area contributed by atoms with Crippen LogP contribution in [0.4, 0.5) is 5.69 Å². The molecule has 0 aliphatic rings. The van der Waals surface area contributed by atoms with E-state index in [1.165, 1.54) is 0 Å². The van der Waals surface area contributed by atoms with Gasteiger partial charge in [0.1, 0.15) is 6.61 Å². The molecule has 1 N–H and O–H groups in total. The summed E-state index contributed by atoms with van der Waals surface area (Å²) >= 11 is 12.3. The summed E-state index contributed by atoms with van der Waals surface area (Å²) < 4.78 is 12.1. The maximum absolute atomic E-state index is 6.20. The van der Waals surface area contributed by atoms with Crippen molar-refractivity contribution >= 4 is 28.9 Å². The average Bonchev–Trinajstić information content (AvgIpc) is 2.74. The Kier molecular flexibility index (Phi) is 8.27. The van der Waals surface area contributed by atoms with Crippen molar-refractivity contribution in [3.8, 4) is 11.5 Å². The van der Waals surface area contributed by atoms with Crippen LogP contribution in [0.25, 0.3) is 0 Å². The highest BCUT2D eigenvalue weighted by atomic mass is 35.5. The summed E-state index contributed by atoms with van der Waals surface area (Å²) in [5.41, 5.74) is 5.28. The van der Waals surface area contributed by atoms with Gasteiger partial charge in [-0.25, -0.2) is 0 Å². The van der Waals surface area contributed by atoms with Gasteiger partial charge in [0.2, 0.25) is 0 Å². The lowest BCUT2D eigenvalue weighted by atomic mass is 10.0. The number of nitrogens with one attached hydrogen (secondary N) is 1. The van der Waals surface area contributed by atoms with E-state index in [0.717, 1.165) is 39.4 Å². The van der Waals surface area contributed by atoms with E-state index in [0.29, 0.717) is 36.2 Å². The fourth-order valence-corrected chi connectivity index (χ4v) is 3.71. The third kappa shape index (κ3) is 6.43. The predicted octanol–water partition coefficient (Wildman–Crippen LogP) is 7.62. The second-order valence-corrected chi connectivity index (χ2v) is 8.11. The normalized spacial score (nSPS) is 10.6. The second kappa shape index (κ2) is 11.1. The van der Waals surface area contributed by atoms with Crippen LogP contribution in [0.2, 0.25) is 10.0 Å². The van der Waals surface area contributed by atoms with E-state index >= 15 is 0 Å². The number of benzene rings is 3. The molecule has 162 valence electrons. The summed E-state index contributed by atoms with van der Waals surface area (Å²) in [5, 5.41) is 4.87. The summed E-state index contributed by atoms with van der Waals surface area (Å²) in [6.07, 6.45) is 2.55. The number of aryl methyl sites for hydroxylation is 1. The molecule has 3 aromatic carbocycles. The Bertz CT molecular complexity index is 1050. The quantitative estimate of drug-likeness (QED) is 0.318. The molecule has 0 aliphatic heterocycles. The second-order valence-electron chi connectivity index (χ2n) is 7.24. The lowest BCUT2D eigenvalue weighted by molar-refractivity contribution is 0.267. The van der Waals surface area contributed by atoms with E-state index in [-0.39, 0.29) is 0 Å². The van der Waals surface area contributed by atoms with Gasteiger partial charge in [-0.15, -0.1) is 6.58 Å². The van der Waals surface area contributed by atoms with Crippen LogP contribution >= 0.6 is 23.2 Å². The smallest absolute Gasteiger partial charge is 0.165 e. The van der Waals surface area contributed by atoms with Crippen LogP contribution in [-0.4, -0.2) is 6.61 Å². The Morgan fingerprint density at radius 3 is 2.52 bits per heavy atom. The van der Waals surface area contributed by atoms with Gasteiger partial charge in [0.15, 0.2) is 11.5 Å². The monoisotopic (exact) mass is 455 g/mol. The molecule has 0 unspecified atom stereocenters. The molecule has 0 amide bonds. The molecule has 0 saturated heterocycles. The van der Waals surface area contributed by atoms with Gasteiger partial charge in [0, 0.05) is 27.8 Å². The van der Waals surface area contributed by atoms with Gasteiger partial charge in [0.25, 0.3) is 0 Å². The summed E-state index contributed by atoms with van der Waals surface area (Å²) in [6.45, 7) is 9.52. The Balaban J connectivity index is 1.86. The van der Waals surface area contributed by atoms with Crippen LogP contribution in [0.1, 0.15) is 29.2 Å². The zero-order valence-corrected chi connectivity index (χ0v) is 19.4. The minimum atomic E-state index is 0.407. The zero-order chi connectivity index (χ0) is 22.2. The summed E-state index contributed by atoms with van der Waals surface area (Å²) in [5.74, 6) is 1.47. The fourth-order valence-electron chi connectivity index (χ4n) is 3.32. The standard InChI is InChI=1S/C26H27Cl2NO2/c1-4-7-21-12-20(16-29-24-15-23(28)11-10-18(24)3)14-25(30-5-2)26(21)31-17-19-8-6-9-22(27)13-19/h4,6,8-15,29H,1,5,7,16-17H2,2-3H3. The topological polar surface area (TPSA) is 30.5 Å². The van der Waals surface area contributed by atoms with Crippen molar-refractivity contribution < 1.29 is 9.47 Å². The van der Waals surface area contributed by atoms with Gasteiger partial charge < -0.3 is 14.8 Å².